The number of nitriles is 2. The highest BCUT2D eigenvalue weighted by Gasteiger charge is 2.53. The van der Waals surface area contributed by atoms with Crippen molar-refractivity contribution in [2.24, 2.45) is 5.41 Å². The quantitative estimate of drug-likeness (QED) is 0.445. The van der Waals surface area contributed by atoms with E-state index >= 15 is 0 Å². The highest BCUT2D eigenvalue weighted by molar-refractivity contribution is 5.97. The third-order valence-electron chi connectivity index (χ3n) is 6.14. The molecule has 0 aromatic heterocycles. The number of hydrogen-bond donors (Lipinski definition) is 0. The largest absolute Gasteiger partial charge is 0.463 e. The van der Waals surface area contributed by atoms with Gasteiger partial charge >= 0.3 is 5.97 Å². The minimum atomic E-state index is -1.61. The molecule has 4 rings (SSSR count). The molecule has 0 spiro atoms. The molecule has 0 heterocycles. The summed E-state index contributed by atoms with van der Waals surface area (Å²) in [5, 5.41) is 21.1. The molecule has 1 unspecified atom stereocenters. The van der Waals surface area contributed by atoms with E-state index in [4.69, 9.17) is 4.74 Å². The summed E-state index contributed by atoms with van der Waals surface area (Å²) in [6, 6.07) is 31.5. The third kappa shape index (κ3) is 3.91. The van der Waals surface area contributed by atoms with E-state index in [9.17, 15) is 15.3 Å². The van der Waals surface area contributed by atoms with Crippen LogP contribution in [0.5, 0.6) is 0 Å². The van der Waals surface area contributed by atoms with Crippen LogP contribution in [0.25, 0.3) is 5.57 Å². The standard InChI is InChI=1S/C30H24N2O2/c1-3-34-29(33)25-18-26(27(22-10-6-4-7-11-22)23-12-8-5-9-13-23)30(19-31,20-32)28(25)24-16-14-21(2)15-17-24/h4-18,28H,3H2,1-2H3. The van der Waals surface area contributed by atoms with E-state index in [1.54, 1.807) is 13.0 Å². The molecule has 0 fully saturated rings. The fourth-order valence-electron chi connectivity index (χ4n) is 4.55. The SMILES string of the molecule is CCOC(=O)C1=CC(=C(c2ccccc2)c2ccccc2)C(C#N)(C#N)C1c1ccc(C)cc1. The first kappa shape index (κ1) is 22.8. The molecule has 34 heavy (non-hydrogen) atoms. The number of esters is 1. The fraction of sp³-hybridized carbons (Fsp3) is 0.167. The highest BCUT2D eigenvalue weighted by Crippen LogP contribution is 2.55. The molecule has 0 bridgehead atoms. The first-order chi connectivity index (χ1) is 16.6. The molecule has 0 radical (unpaired) electrons. The molecule has 1 aliphatic carbocycles. The van der Waals surface area contributed by atoms with E-state index in [1.165, 1.54) is 0 Å². The lowest BCUT2D eigenvalue weighted by molar-refractivity contribution is -0.138. The van der Waals surface area contributed by atoms with Gasteiger partial charge in [-0.3, -0.25) is 0 Å². The van der Waals surface area contributed by atoms with E-state index in [2.05, 4.69) is 12.1 Å². The van der Waals surface area contributed by atoms with E-state index in [-0.39, 0.29) is 6.61 Å². The van der Waals surface area contributed by atoms with Crippen molar-refractivity contribution in [3.05, 3.63) is 124 Å². The van der Waals surface area contributed by atoms with Gasteiger partial charge in [0.25, 0.3) is 0 Å². The predicted octanol–water partition coefficient (Wildman–Crippen LogP) is 6.12. The van der Waals surface area contributed by atoms with Crippen LogP contribution in [0.2, 0.25) is 0 Å². The molecular formula is C30H24N2O2. The number of nitrogens with zero attached hydrogens (tertiary/aromatic N) is 2. The lowest BCUT2D eigenvalue weighted by Gasteiger charge is -2.27. The average molecular weight is 445 g/mol. The lowest BCUT2D eigenvalue weighted by Crippen LogP contribution is -2.27. The van der Waals surface area contributed by atoms with E-state index < -0.39 is 17.3 Å². The first-order valence-corrected chi connectivity index (χ1v) is 11.2. The summed E-state index contributed by atoms with van der Waals surface area (Å²) in [6.45, 7) is 3.91. The molecular weight excluding hydrogens is 420 g/mol. The summed E-state index contributed by atoms with van der Waals surface area (Å²) in [5.74, 6) is -1.29. The van der Waals surface area contributed by atoms with Crippen molar-refractivity contribution in [2.75, 3.05) is 6.61 Å². The maximum Gasteiger partial charge on any atom is 0.334 e. The van der Waals surface area contributed by atoms with E-state index in [0.29, 0.717) is 11.1 Å². The smallest absolute Gasteiger partial charge is 0.334 e. The Morgan fingerprint density at radius 1 is 0.882 bits per heavy atom. The highest BCUT2D eigenvalue weighted by atomic mass is 16.5. The summed E-state index contributed by atoms with van der Waals surface area (Å²) in [4.78, 5) is 13.1. The monoisotopic (exact) mass is 444 g/mol. The van der Waals surface area contributed by atoms with Crippen molar-refractivity contribution in [2.45, 2.75) is 19.8 Å². The van der Waals surface area contributed by atoms with Gasteiger partial charge in [-0.1, -0.05) is 90.5 Å². The Balaban J connectivity index is 2.10. The molecule has 3 aromatic carbocycles. The molecule has 4 nitrogen and oxygen atoms in total. The van der Waals surface area contributed by atoms with E-state index in [0.717, 1.165) is 27.8 Å². The second-order valence-corrected chi connectivity index (χ2v) is 8.22. The van der Waals surface area contributed by atoms with Gasteiger partial charge in [0.15, 0.2) is 5.41 Å². The van der Waals surface area contributed by atoms with Crippen LogP contribution in [0.4, 0.5) is 0 Å². The van der Waals surface area contributed by atoms with Crippen molar-refractivity contribution in [3.8, 4) is 12.1 Å². The number of allylic oxidation sites excluding steroid dienone is 2. The van der Waals surface area contributed by atoms with Crippen molar-refractivity contribution >= 4 is 11.5 Å². The first-order valence-electron chi connectivity index (χ1n) is 11.2. The van der Waals surface area contributed by atoms with Gasteiger partial charge in [-0.15, -0.1) is 0 Å². The van der Waals surface area contributed by atoms with Crippen molar-refractivity contribution in [3.63, 3.8) is 0 Å². The van der Waals surface area contributed by atoms with Gasteiger partial charge in [-0.25, -0.2) is 4.79 Å². The van der Waals surface area contributed by atoms with Gasteiger partial charge in [0.1, 0.15) is 0 Å². The van der Waals surface area contributed by atoms with Gasteiger partial charge in [-0.05, 0) is 47.8 Å². The molecule has 0 saturated heterocycles. The summed E-state index contributed by atoms with van der Waals surface area (Å²) in [7, 11) is 0. The summed E-state index contributed by atoms with van der Waals surface area (Å²) < 4.78 is 5.37. The Kier molecular flexibility index (Phi) is 6.44. The Hall–Kier alpha value is -4.41. The predicted molar refractivity (Wildman–Crippen MR) is 131 cm³/mol. The molecule has 0 amide bonds. The molecule has 1 atom stereocenters. The number of carbonyl (C=O) groups is 1. The van der Waals surface area contributed by atoms with Gasteiger partial charge in [0.2, 0.25) is 0 Å². The number of ether oxygens (including phenoxy) is 1. The molecule has 0 saturated carbocycles. The second kappa shape index (κ2) is 9.61. The van der Waals surface area contributed by atoms with Crippen molar-refractivity contribution in [1.29, 1.82) is 10.5 Å². The van der Waals surface area contributed by atoms with Gasteiger partial charge < -0.3 is 4.74 Å². The lowest BCUT2D eigenvalue weighted by atomic mass is 9.69. The Labute approximate surface area is 200 Å². The Bertz CT molecular complexity index is 1280. The molecule has 1 aliphatic rings. The van der Waals surface area contributed by atoms with Crippen LogP contribution in [0, 0.1) is 35.0 Å². The van der Waals surface area contributed by atoms with Gasteiger partial charge in [0.05, 0.1) is 24.7 Å². The Morgan fingerprint density at radius 2 is 1.41 bits per heavy atom. The van der Waals surface area contributed by atoms with Crippen LogP contribution in [0.3, 0.4) is 0 Å². The molecule has 3 aromatic rings. The third-order valence-corrected chi connectivity index (χ3v) is 6.14. The van der Waals surface area contributed by atoms with Crippen LogP contribution in [-0.2, 0) is 9.53 Å². The summed E-state index contributed by atoms with van der Waals surface area (Å²) in [5.41, 5.74) is 3.46. The van der Waals surface area contributed by atoms with Gasteiger partial charge in [-0.2, -0.15) is 10.5 Å². The normalized spacial score (nSPS) is 16.2. The van der Waals surface area contributed by atoms with E-state index in [1.807, 2.05) is 91.9 Å². The van der Waals surface area contributed by atoms with Crippen molar-refractivity contribution < 1.29 is 9.53 Å². The molecule has 0 N–H and O–H groups in total. The number of hydrogen-bond acceptors (Lipinski definition) is 4. The zero-order valence-electron chi connectivity index (χ0n) is 19.2. The zero-order valence-corrected chi connectivity index (χ0v) is 19.2. The topological polar surface area (TPSA) is 73.9 Å². The summed E-state index contributed by atoms with van der Waals surface area (Å²) in [6.07, 6.45) is 1.70. The summed E-state index contributed by atoms with van der Waals surface area (Å²) >= 11 is 0. The van der Waals surface area contributed by atoms with Crippen LogP contribution >= 0.6 is 0 Å². The molecule has 166 valence electrons. The number of carbonyl (C=O) groups excluding carboxylic acids is 1. The number of aryl methyl sites for hydroxylation is 1. The maximum atomic E-state index is 13.1. The van der Waals surface area contributed by atoms with Crippen LogP contribution in [-0.4, -0.2) is 12.6 Å². The minimum Gasteiger partial charge on any atom is -0.463 e. The molecule has 4 heteroatoms. The molecule has 0 aliphatic heterocycles. The number of benzene rings is 3. The zero-order chi connectivity index (χ0) is 24.1. The van der Waals surface area contributed by atoms with Crippen LogP contribution < -0.4 is 0 Å². The fourth-order valence-corrected chi connectivity index (χ4v) is 4.55. The number of rotatable bonds is 5. The Morgan fingerprint density at radius 3 is 1.88 bits per heavy atom. The average Bonchev–Trinajstić information content (AvgIpc) is 3.21. The van der Waals surface area contributed by atoms with Crippen LogP contribution in [0.15, 0.2) is 102 Å². The minimum absolute atomic E-state index is 0.201. The van der Waals surface area contributed by atoms with Crippen molar-refractivity contribution in [1.82, 2.24) is 0 Å². The van der Waals surface area contributed by atoms with Crippen LogP contribution in [0.1, 0.15) is 35.1 Å². The van der Waals surface area contributed by atoms with Gasteiger partial charge in [0, 0.05) is 5.57 Å². The maximum absolute atomic E-state index is 13.1. The second-order valence-electron chi connectivity index (χ2n) is 8.22.